The topological polar surface area (TPSA) is 75.6 Å². The van der Waals surface area contributed by atoms with Gasteiger partial charge in [0.15, 0.2) is 0 Å². The van der Waals surface area contributed by atoms with Gasteiger partial charge in [0.05, 0.1) is 23.5 Å². The predicted octanol–water partition coefficient (Wildman–Crippen LogP) is 1.54. The zero-order valence-electron chi connectivity index (χ0n) is 8.09. The van der Waals surface area contributed by atoms with Crippen molar-refractivity contribution in [3.63, 3.8) is 0 Å². The minimum absolute atomic E-state index is 0.249. The van der Waals surface area contributed by atoms with Crippen molar-refractivity contribution in [1.82, 2.24) is 9.97 Å². The lowest BCUT2D eigenvalue weighted by Crippen LogP contribution is -2.09. The molecule has 0 fully saturated rings. The normalized spacial score (nSPS) is 12.3. The van der Waals surface area contributed by atoms with Crippen LogP contribution in [0.4, 0.5) is 0 Å². The van der Waals surface area contributed by atoms with Gasteiger partial charge in [0.25, 0.3) is 0 Å². The molecule has 0 aliphatic carbocycles. The third-order valence-corrected chi connectivity index (χ3v) is 2.23. The fourth-order valence-corrected chi connectivity index (χ4v) is 1.43. The summed E-state index contributed by atoms with van der Waals surface area (Å²) >= 11 is 0. The number of rotatable bonds is 2. The number of nitriles is 1. The summed E-state index contributed by atoms with van der Waals surface area (Å²) in [6, 6.07) is 7.44. The van der Waals surface area contributed by atoms with E-state index in [1.54, 1.807) is 12.4 Å². The van der Waals surface area contributed by atoms with E-state index in [0.29, 0.717) is 6.42 Å². The molecule has 15 heavy (non-hydrogen) atoms. The summed E-state index contributed by atoms with van der Waals surface area (Å²) in [4.78, 5) is 8.34. The maximum Gasteiger partial charge on any atom is 0.0890 e. The molecule has 4 nitrogen and oxygen atoms in total. The zero-order chi connectivity index (χ0) is 10.7. The van der Waals surface area contributed by atoms with E-state index in [9.17, 15) is 0 Å². The second-order valence-corrected chi connectivity index (χ2v) is 3.27. The molecular formula is C11H10N4. The van der Waals surface area contributed by atoms with E-state index < -0.39 is 0 Å². The van der Waals surface area contributed by atoms with Crippen LogP contribution in [-0.2, 0) is 0 Å². The number of hydrogen-bond donors (Lipinski definition) is 1. The standard InChI is InChI=1S/C11H10N4/c12-4-3-9(13)8-1-2-10-11(7-8)15-6-5-14-10/h1-2,5-7,9H,3,13H2. The Morgan fingerprint density at radius 3 is 2.73 bits per heavy atom. The predicted molar refractivity (Wildman–Crippen MR) is 56.7 cm³/mol. The van der Waals surface area contributed by atoms with Gasteiger partial charge in [-0.3, -0.25) is 9.97 Å². The molecule has 1 unspecified atom stereocenters. The molecule has 1 aromatic carbocycles. The summed E-state index contributed by atoms with van der Waals surface area (Å²) in [6.07, 6.45) is 3.60. The average molecular weight is 198 g/mol. The molecule has 0 amide bonds. The number of aromatic nitrogens is 2. The highest BCUT2D eigenvalue weighted by Crippen LogP contribution is 2.17. The molecule has 74 valence electrons. The molecule has 1 atom stereocenters. The van der Waals surface area contributed by atoms with Gasteiger partial charge in [0.2, 0.25) is 0 Å². The maximum absolute atomic E-state index is 8.55. The molecule has 0 aliphatic heterocycles. The summed E-state index contributed by atoms with van der Waals surface area (Å²) in [5.41, 5.74) is 8.39. The lowest BCUT2D eigenvalue weighted by atomic mass is 10.0. The molecule has 0 bridgehead atoms. The third-order valence-electron chi connectivity index (χ3n) is 2.23. The van der Waals surface area contributed by atoms with Crippen molar-refractivity contribution in [2.24, 2.45) is 5.73 Å². The van der Waals surface area contributed by atoms with Crippen LogP contribution in [0.25, 0.3) is 11.0 Å². The number of nitrogens with two attached hydrogens (primary N) is 1. The lowest BCUT2D eigenvalue weighted by molar-refractivity contribution is 0.749. The number of benzene rings is 1. The van der Waals surface area contributed by atoms with Crippen molar-refractivity contribution in [1.29, 1.82) is 5.26 Å². The fourth-order valence-electron chi connectivity index (χ4n) is 1.43. The van der Waals surface area contributed by atoms with Crippen LogP contribution in [-0.4, -0.2) is 9.97 Å². The van der Waals surface area contributed by atoms with Gasteiger partial charge in [0, 0.05) is 18.4 Å². The van der Waals surface area contributed by atoms with E-state index in [2.05, 4.69) is 16.0 Å². The highest BCUT2D eigenvalue weighted by Gasteiger charge is 2.06. The van der Waals surface area contributed by atoms with Gasteiger partial charge in [0.1, 0.15) is 0 Å². The Bertz CT molecular complexity index is 515. The molecule has 4 heteroatoms. The first-order valence-electron chi connectivity index (χ1n) is 4.64. The fraction of sp³-hybridized carbons (Fsp3) is 0.182. The molecule has 2 rings (SSSR count). The molecule has 1 heterocycles. The van der Waals surface area contributed by atoms with Gasteiger partial charge in [-0.25, -0.2) is 0 Å². The average Bonchev–Trinajstić information content (AvgIpc) is 2.29. The summed E-state index contributed by atoms with van der Waals surface area (Å²) in [6.45, 7) is 0. The SMILES string of the molecule is N#CCC(N)c1ccc2nccnc2c1. The van der Waals surface area contributed by atoms with E-state index in [1.807, 2.05) is 18.2 Å². The number of fused-ring (bicyclic) bond motifs is 1. The maximum atomic E-state index is 8.55. The largest absolute Gasteiger partial charge is 0.323 e. The van der Waals surface area contributed by atoms with E-state index >= 15 is 0 Å². The second-order valence-electron chi connectivity index (χ2n) is 3.27. The molecule has 0 saturated carbocycles. The molecule has 1 aromatic heterocycles. The third kappa shape index (κ3) is 1.92. The Balaban J connectivity index is 2.43. The van der Waals surface area contributed by atoms with Crippen LogP contribution in [0, 0.1) is 11.3 Å². The van der Waals surface area contributed by atoms with Crippen molar-refractivity contribution in [3.05, 3.63) is 36.2 Å². The Labute approximate surface area is 87.4 Å². The van der Waals surface area contributed by atoms with E-state index in [-0.39, 0.29) is 6.04 Å². The molecule has 0 aliphatic rings. The molecule has 0 spiro atoms. The lowest BCUT2D eigenvalue weighted by Gasteiger charge is -2.07. The first kappa shape index (κ1) is 9.56. The van der Waals surface area contributed by atoms with Crippen molar-refractivity contribution < 1.29 is 0 Å². The van der Waals surface area contributed by atoms with E-state index in [4.69, 9.17) is 11.0 Å². The Morgan fingerprint density at radius 2 is 2.00 bits per heavy atom. The van der Waals surface area contributed by atoms with Crippen LogP contribution in [0.1, 0.15) is 18.0 Å². The van der Waals surface area contributed by atoms with Gasteiger partial charge in [-0.05, 0) is 17.7 Å². The molecule has 0 radical (unpaired) electrons. The Kier molecular flexibility index (Phi) is 2.57. The summed E-state index contributed by atoms with van der Waals surface area (Å²) in [7, 11) is 0. The Hall–Kier alpha value is -1.99. The van der Waals surface area contributed by atoms with Crippen molar-refractivity contribution in [2.45, 2.75) is 12.5 Å². The second kappa shape index (κ2) is 4.03. The quantitative estimate of drug-likeness (QED) is 0.794. The highest BCUT2D eigenvalue weighted by atomic mass is 14.8. The minimum atomic E-state index is -0.249. The summed E-state index contributed by atoms with van der Waals surface area (Å²) in [5.74, 6) is 0. The van der Waals surface area contributed by atoms with Crippen LogP contribution in [0.2, 0.25) is 0 Å². The van der Waals surface area contributed by atoms with Gasteiger partial charge >= 0.3 is 0 Å². The molecule has 0 saturated heterocycles. The van der Waals surface area contributed by atoms with Crippen LogP contribution in [0.15, 0.2) is 30.6 Å². The van der Waals surface area contributed by atoms with Crippen molar-refractivity contribution >= 4 is 11.0 Å². The van der Waals surface area contributed by atoms with Gasteiger partial charge in [-0.15, -0.1) is 0 Å². The summed E-state index contributed by atoms with van der Waals surface area (Å²) < 4.78 is 0. The van der Waals surface area contributed by atoms with Crippen molar-refractivity contribution in [3.8, 4) is 6.07 Å². The minimum Gasteiger partial charge on any atom is -0.323 e. The summed E-state index contributed by atoms with van der Waals surface area (Å²) in [5, 5.41) is 8.55. The smallest absolute Gasteiger partial charge is 0.0890 e. The number of nitrogens with zero attached hydrogens (tertiary/aromatic N) is 3. The van der Waals surface area contributed by atoms with Crippen LogP contribution in [0.3, 0.4) is 0 Å². The van der Waals surface area contributed by atoms with Crippen LogP contribution in [0.5, 0.6) is 0 Å². The van der Waals surface area contributed by atoms with Gasteiger partial charge < -0.3 is 5.73 Å². The van der Waals surface area contributed by atoms with Crippen molar-refractivity contribution in [2.75, 3.05) is 0 Å². The molecule has 2 aromatic rings. The van der Waals surface area contributed by atoms with E-state index in [0.717, 1.165) is 16.6 Å². The zero-order valence-corrected chi connectivity index (χ0v) is 8.09. The Morgan fingerprint density at radius 1 is 1.27 bits per heavy atom. The first-order valence-corrected chi connectivity index (χ1v) is 4.64. The van der Waals surface area contributed by atoms with Gasteiger partial charge in [-0.1, -0.05) is 6.07 Å². The van der Waals surface area contributed by atoms with Crippen LogP contribution < -0.4 is 5.73 Å². The first-order chi connectivity index (χ1) is 7.31. The van der Waals surface area contributed by atoms with Crippen LogP contribution >= 0.6 is 0 Å². The molecule has 2 N–H and O–H groups in total. The monoisotopic (exact) mass is 198 g/mol. The van der Waals surface area contributed by atoms with Gasteiger partial charge in [-0.2, -0.15) is 5.26 Å². The number of hydrogen-bond acceptors (Lipinski definition) is 4. The van der Waals surface area contributed by atoms with E-state index in [1.165, 1.54) is 0 Å². The molecular weight excluding hydrogens is 188 g/mol. The highest BCUT2D eigenvalue weighted by molar-refractivity contribution is 5.74.